The minimum absolute atomic E-state index is 0.135. The Labute approximate surface area is 151 Å². The van der Waals surface area contributed by atoms with Gasteiger partial charge in [-0.1, -0.05) is 11.3 Å². The average molecular weight is 354 g/mol. The molecule has 2 aromatic heterocycles. The molecule has 0 N–H and O–H groups in total. The topological polar surface area (TPSA) is 59.0 Å². The molecule has 0 radical (unpaired) electrons. The van der Waals surface area contributed by atoms with Crippen LogP contribution in [0.25, 0.3) is 10.6 Å². The van der Waals surface area contributed by atoms with Crippen LogP contribution in [0.5, 0.6) is 0 Å². The Kier molecular flexibility index (Phi) is 3.45. The van der Waals surface area contributed by atoms with E-state index in [1.54, 1.807) is 17.3 Å². The lowest BCUT2D eigenvalue weighted by Crippen LogP contribution is -2.54. The molecule has 4 fully saturated rings. The minimum Gasteiger partial charge on any atom is -0.289 e. The Morgan fingerprint density at radius 3 is 2.44 bits per heavy atom. The number of hydrogen-bond acceptors (Lipinski definition) is 5. The summed E-state index contributed by atoms with van der Waals surface area (Å²) in [6.45, 7) is 0. The smallest absolute Gasteiger partial charge is 0.234 e. The van der Waals surface area contributed by atoms with Gasteiger partial charge in [-0.2, -0.15) is 0 Å². The van der Waals surface area contributed by atoms with Crippen LogP contribution in [0.3, 0.4) is 0 Å². The van der Waals surface area contributed by atoms with Crippen molar-refractivity contribution in [1.29, 1.82) is 0 Å². The summed E-state index contributed by atoms with van der Waals surface area (Å²) in [5.41, 5.74) is 0.811. The summed E-state index contributed by atoms with van der Waals surface area (Å²) in [5, 5.41) is 10.1. The summed E-state index contributed by atoms with van der Waals surface area (Å²) < 4.78 is 0. The standard InChI is InChI=1S/C19H22N4OS/c1-23(18-22-21-16(25-18)15-3-2-4-20-11-15)17(24)19-8-12-5-13(9-19)7-14(6-12)10-19/h2-4,11-14H,5-10H2,1H3. The van der Waals surface area contributed by atoms with Gasteiger partial charge in [0.05, 0.1) is 5.41 Å². The van der Waals surface area contributed by atoms with Crippen LogP contribution in [0.1, 0.15) is 38.5 Å². The van der Waals surface area contributed by atoms with Gasteiger partial charge < -0.3 is 0 Å². The molecule has 0 aliphatic heterocycles. The Morgan fingerprint density at radius 1 is 1.16 bits per heavy atom. The van der Waals surface area contributed by atoms with E-state index in [1.165, 1.54) is 30.6 Å². The first-order chi connectivity index (χ1) is 12.1. The van der Waals surface area contributed by atoms with E-state index in [1.807, 2.05) is 19.2 Å². The predicted molar refractivity (Wildman–Crippen MR) is 97.2 cm³/mol. The number of carbonyl (C=O) groups is 1. The SMILES string of the molecule is CN(C(=O)C12CC3CC(CC(C3)C1)C2)c1nnc(-c2cccnc2)s1. The zero-order valence-electron chi connectivity index (χ0n) is 14.4. The second kappa shape index (κ2) is 5.59. The van der Waals surface area contributed by atoms with E-state index in [0.29, 0.717) is 5.13 Å². The van der Waals surface area contributed by atoms with Crippen molar-refractivity contribution in [2.75, 3.05) is 11.9 Å². The van der Waals surface area contributed by atoms with Crippen LogP contribution in [-0.4, -0.2) is 28.1 Å². The van der Waals surface area contributed by atoms with E-state index in [-0.39, 0.29) is 11.3 Å². The number of anilines is 1. The molecule has 130 valence electrons. The molecule has 2 heterocycles. The lowest BCUT2D eigenvalue weighted by molar-refractivity contribution is -0.143. The molecule has 4 saturated carbocycles. The van der Waals surface area contributed by atoms with E-state index < -0.39 is 0 Å². The van der Waals surface area contributed by atoms with E-state index in [4.69, 9.17) is 0 Å². The minimum atomic E-state index is -0.135. The van der Waals surface area contributed by atoms with Crippen molar-refractivity contribution in [3.05, 3.63) is 24.5 Å². The number of rotatable bonds is 3. The van der Waals surface area contributed by atoms with Crippen molar-refractivity contribution in [1.82, 2.24) is 15.2 Å². The maximum Gasteiger partial charge on any atom is 0.234 e. The van der Waals surface area contributed by atoms with Gasteiger partial charge in [-0.05, 0) is 68.4 Å². The van der Waals surface area contributed by atoms with Crippen molar-refractivity contribution in [3.8, 4) is 10.6 Å². The summed E-state index contributed by atoms with van der Waals surface area (Å²) >= 11 is 1.47. The Hall–Kier alpha value is -1.82. The molecule has 1 amide bonds. The van der Waals surface area contributed by atoms with E-state index in [0.717, 1.165) is 47.6 Å². The molecule has 0 aromatic carbocycles. The van der Waals surface area contributed by atoms with E-state index in [9.17, 15) is 4.79 Å². The van der Waals surface area contributed by atoms with Gasteiger partial charge in [0.15, 0.2) is 5.01 Å². The number of carbonyl (C=O) groups excluding carboxylic acids is 1. The molecule has 2 aromatic rings. The molecule has 4 aliphatic carbocycles. The van der Waals surface area contributed by atoms with Crippen LogP contribution in [0.2, 0.25) is 0 Å². The van der Waals surface area contributed by atoms with E-state index in [2.05, 4.69) is 15.2 Å². The largest absolute Gasteiger partial charge is 0.289 e. The Balaban J connectivity index is 1.40. The van der Waals surface area contributed by atoms with Crippen molar-refractivity contribution in [2.45, 2.75) is 38.5 Å². The third kappa shape index (κ3) is 2.49. The van der Waals surface area contributed by atoms with Gasteiger partial charge >= 0.3 is 0 Å². The highest BCUT2D eigenvalue weighted by atomic mass is 32.1. The number of pyridine rings is 1. The third-order valence-corrected chi connectivity index (χ3v) is 7.46. The third-order valence-electron chi connectivity index (χ3n) is 6.41. The maximum atomic E-state index is 13.4. The van der Waals surface area contributed by atoms with Crippen LogP contribution >= 0.6 is 11.3 Å². The summed E-state index contributed by atoms with van der Waals surface area (Å²) in [6.07, 6.45) is 10.8. The van der Waals surface area contributed by atoms with Crippen LogP contribution in [0.4, 0.5) is 5.13 Å². The molecular weight excluding hydrogens is 332 g/mol. The fourth-order valence-corrected chi connectivity index (χ4v) is 6.57. The van der Waals surface area contributed by atoms with Gasteiger partial charge in [0.2, 0.25) is 11.0 Å². The molecule has 6 rings (SSSR count). The number of aromatic nitrogens is 3. The molecule has 5 nitrogen and oxygen atoms in total. The fourth-order valence-electron chi connectivity index (χ4n) is 5.77. The molecule has 4 bridgehead atoms. The molecule has 0 unspecified atom stereocenters. The molecular formula is C19H22N4OS. The molecule has 25 heavy (non-hydrogen) atoms. The quantitative estimate of drug-likeness (QED) is 0.842. The van der Waals surface area contributed by atoms with Crippen LogP contribution in [0, 0.1) is 23.2 Å². The van der Waals surface area contributed by atoms with Crippen molar-refractivity contribution >= 4 is 22.4 Å². The first-order valence-corrected chi connectivity index (χ1v) is 9.97. The van der Waals surface area contributed by atoms with Crippen molar-refractivity contribution < 1.29 is 4.79 Å². The lowest BCUT2D eigenvalue weighted by Gasteiger charge is -2.56. The number of nitrogens with zero attached hydrogens (tertiary/aromatic N) is 4. The van der Waals surface area contributed by atoms with Gasteiger partial charge in [0.1, 0.15) is 0 Å². The van der Waals surface area contributed by atoms with Gasteiger partial charge in [0, 0.05) is 25.0 Å². The summed E-state index contributed by atoms with van der Waals surface area (Å²) in [7, 11) is 1.87. The van der Waals surface area contributed by atoms with E-state index >= 15 is 0 Å². The van der Waals surface area contributed by atoms with Gasteiger partial charge in [0.25, 0.3) is 0 Å². The monoisotopic (exact) mass is 354 g/mol. The maximum absolute atomic E-state index is 13.4. The normalized spacial score (nSPS) is 32.8. The second-order valence-corrected chi connectivity index (χ2v) is 9.15. The zero-order chi connectivity index (χ0) is 17.0. The number of amides is 1. The van der Waals surface area contributed by atoms with Crippen LogP contribution < -0.4 is 4.90 Å². The molecule has 6 heteroatoms. The summed E-state index contributed by atoms with van der Waals surface area (Å²) in [6, 6.07) is 3.86. The second-order valence-electron chi connectivity index (χ2n) is 8.19. The summed E-state index contributed by atoms with van der Waals surface area (Å²) in [4.78, 5) is 19.3. The summed E-state index contributed by atoms with van der Waals surface area (Å²) in [5.74, 6) is 2.57. The first kappa shape index (κ1) is 15.4. The molecule has 0 saturated heterocycles. The highest BCUT2D eigenvalue weighted by molar-refractivity contribution is 7.18. The van der Waals surface area contributed by atoms with Crippen LogP contribution in [-0.2, 0) is 4.79 Å². The van der Waals surface area contributed by atoms with Gasteiger partial charge in [-0.25, -0.2) is 0 Å². The molecule has 4 aliphatic rings. The fraction of sp³-hybridized carbons (Fsp3) is 0.579. The van der Waals surface area contributed by atoms with Crippen LogP contribution in [0.15, 0.2) is 24.5 Å². The predicted octanol–water partition coefficient (Wildman–Crippen LogP) is 3.78. The zero-order valence-corrected chi connectivity index (χ0v) is 15.2. The molecule has 0 spiro atoms. The Morgan fingerprint density at radius 2 is 1.84 bits per heavy atom. The van der Waals surface area contributed by atoms with Crippen molar-refractivity contribution in [2.24, 2.45) is 23.2 Å². The highest BCUT2D eigenvalue weighted by Crippen LogP contribution is 2.60. The average Bonchev–Trinajstić information content (AvgIpc) is 3.10. The first-order valence-electron chi connectivity index (χ1n) is 9.15. The highest BCUT2D eigenvalue weighted by Gasteiger charge is 2.55. The van der Waals surface area contributed by atoms with Crippen molar-refractivity contribution in [3.63, 3.8) is 0 Å². The Bertz CT molecular complexity index is 767. The van der Waals surface area contributed by atoms with Gasteiger partial charge in [-0.15, -0.1) is 10.2 Å². The molecule has 0 atom stereocenters. The van der Waals surface area contributed by atoms with Gasteiger partial charge in [-0.3, -0.25) is 14.7 Å². The number of hydrogen-bond donors (Lipinski definition) is 0. The lowest BCUT2D eigenvalue weighted by atomic mass is 9.49.